The lowest BCUT2D eigenvalue weighted by molar-refractivity contribution is 0.104. The van der Waals surface area contributed by atoms with E-state index < -0.39 is 0 Å². The van der Waals surface area contributed by atoms with Crippen molar-refractivity contribution in [2.24, 2.45) is 4.99 Å². The lowest BCUT2D eigenvalue weighted by Crippen LogP contribution is -2.28. The van der Waals surface area contributed by atoms with E-state index in [4.69, 9.17) is 4.99 Å². The van der Waals surface area contributed by atoms with Crippen molar-refractivity contribution in [2.75, 3.05) is 0 Å². The van der Waals surface area contributed by atoms with Gasteiger partial charge in [0.15, 0.2) is 11.0 Å². The topological polar surface area (TPSA) is 32.7 Å². The van der Waals surface area contributed by atoms with Crippen molar-refractivity contribution >= 4 is 34.0 Å². The van der Waals surface area contributed by atoms with Gasteiger partial charge in [-0.1, -0.05) is 36.0 Å². The SMILES string of the molecule is O=C(/C=C/C1C(c2ccc(F)cc2)N=C2SC=CN21)c1cccs1. The number of benzene rings is 1. The van der Waals surface area contributed by atoms with E-state index in [-0.39, 0.29) is 23.7 Å². The summed E-state index contributed by atoms with van der Waals surface area (Å²) in [6.07, 6.45) is 5.47. The molecule has 4 rings (SSSR count). The second kappa shape index (κ2) is 6.37. The summed E-state index contributed by atoms with van der Waals surface area (Å²) >= 11 is 2.98. The number of ketones is 1. The van der Waals surface area contributed by atoms with E-state index in [2.05, 4.69) is 4.90 Å². The van der Waals surface area contributed by atoms with Crippen LogP contribution in [0.2, 0.25) is 0 Å². The van der Waals surface area contributed by atoms with Gasteiger partial charge in [-0.15, -0.1) is 11.3 Å². The minimum Gasteiger partial charge on any atom is -0.318 e. The van der Waals surface area contributed by atoms with Gasteiger partial charge in [0, 0.05) is 6.20 Å². The minimum absolute atomic E-state index is 0.00728. The molecular formula is C18H13FN2OS2. The van der Waals surface area contributed by atoms with E-state index in [1.165, 1.54) is 23.5 Å². The molecule has 3 nitrogen and oxygen atoms in total. The summed E-state index contributed by atoms with van der Waals surface area (Å²) in [7, 11) is 0. The molecule has 1 aromatic carbocycles. The first-order chi connectivity index (χ1) is 11.7. The van der Waals surface area contributed by atoms with Gasteiger partial charge < -0.3 is 4.90 Å². The number of hydrogen-bond acceptors (Lipinski definition) is 5. The van der Waals surface area contributed by atoms with Crippen molar-refractivity contribution in [3.8, 4) is 0 Å². The molecule has 0 aliphatic carbocycles. The Kier molecular flexibility index (Phi) is 4.08. The van der Waals surface area contributed by atoms with Crippen LogP contribution in [0.1, 0.15) is 21.3 Å². The Morgan fingerprint density at radius 2 is 2.08 bits per heavy atom. The monoisotopic (exact) mass is 356 g/mol. The minimum atomic E-state index is -0.265. The standard InChI is InChI=1S/C18H13FN2OS2/c19-13-5-3-12(4-6-13)17-14(21-9-11-24-18(21)20-17)7-8-15(22)16-2-1-10-23-16/h1-11,14,17H/b8-7+. The van der Waals surface area contributed by atoms with Crippen LogP contribution in [0.25, 0.3) is 0 Å². The zero-order valence-electron chi connectivity index (χ0n) is 12.5. The van der Waals surface area contributed by atoms with Gasteiger partial charge >= 0.3 is 0 Å². The maximum absolute atomic E-state index is 13.2. The van der Waals surface area contributed by atoms with Gasteiger partial charge in [-0.05, 0) is 40.6 Å². The molecule has 0 radical (unpaired) electrons. The van der Waals surface area contributed by atoms with Gasteiger partial charge in [-0.3, -0.25) is 9.79 Å². The van der Waals surface area contributed by atoms with E-state index >= 15 is 0 Å². The highest BCUT2D eigenvalue weighted by atomic mass is 32.2. The summed E-state index contributed by atoms with van der Waals surface area (Å²) in [4.78, 5) is 19.7. The first kappa shape index (κ1) is 15.4. The fourth-order valence-electron chi connectivity index (χ4n) is 2.77. The van der Waals surface area contributed by atoms with Gasteiger partial charge in [-0.2, -0.15) is 0 Å². The number of thioether (sulfide) groups is 1. The number of carbonyl (C=O) groups is 1. The van der Waals surface area contributed by atoms with Crippen LogP contribution in [0, 0.1) is 5.82 Å². The smallest absolute Gasteiger partial charge is 0.195 e. The molecule has 0 amide bonds. The van der Waals surface area contributed by atoms with Crippen LogP contribution < -0.4 is 0 Å². The van der Waals surface area contributed by atoms with Crippen LogP contribution in [-0.4, -0.2) is 21.9 Å². The van der Waals surface area contributed by atoms with Crippen LogP contribution in [0.5, 0.6) is 0 Å². The first-order valence-corrected chi connectivity index (χ1v) is 9.19. The van der Waals surface area contributed by atoms with Crippen molar-refractivity contribution in [1.29, 1.82) is 0 Å². The van der Waals surface area contributed by atoms with Crippen LogP contribution in [0.4, 0.5) is 4.39 Å². The second-order valence-electron chi connectivity index (χ2n) is 5.41. The lowest BCUT2D eigenvalue weighted by atomic mass is 9.99. The van der Waals surface area contributed by atoms with Crippen molar-refractivity contribution in [3.63, 3.8) is 0 Å². The molecule has 24 heavy (non-hydrogen) atoms. The Labute approximate surface area is 147 Å². The summed E-state index contributed by atoms with van der Waals surface area (Å²) in [6.45, 7) is 0. The molecule has 0 fully saturated rings. The summed E-state index contributed by atoms with van der Waals surface area (Å²) in [6, 6.07) is 9.84. The Bertz CT molecular complexity index is 840. The number of nitrogens with zero attached hydrogens (tertiary/aromatic N) is 2. The number of aliphatic imine (C=N–C) groups is 1. The third-order valence-electron chi connectivity index (χ3n) is 3.93. The van der Waals surface area contributed by atoms with E-state index in [1.54, 1.807) is 30.0 Å². The molecule has 0 saturated carbocycles. The quantitative estimate of drug-likeness (QED) is 0.592. The number of halogens is 1. The average Bonchev–Trinajstić information content (AvgIpc) is 3.31. The third-order valence-corrected chi connectivity index (χ3v) is 5.60. The molecule has 0 spiro atoms. The van der Waals surface area contributed by atoms with Gasteiger partial charge in [-0.25, -0.2) is 4.39 Å². The zero-order chi connectivity index (χ0) is 16.5. The molecule has 0 saturated heterocycles. The van der Waals surface area contributed by atoms with Gasteiger partial charge in [0.25, 0.3) is 0 Å². The molecule has 6 heteroatoms. The molecule has 1 aromatic heterocycles. The number of hydrogen-bond donors (Lipinski definition) is 0. The van der Waals surface area contributed by atoms with Crippen molar-refractivity contribution in [2.45, 2.75) is 12.1 Å². The number of fused-ring (bicyclic) bond motifs is 1. The molecule has 3 heterocycles. The van der Waals surface area contributed by atoms with Crippen molar-refractivity contribution < 1.29 is 9.18 Å². The molecule has 0 bridgehead atoms. The number of thiophene rings is 1. The van der Waals surface area contributed by atoms with Crippen LogP contribution in [0.15, 0.2) is 70.5 Å². The maximum atomic E-state index is 13.2. The van der Waals surface area contributed by atoms with E-state index in [0.717, 1.165) is 15.6 Å². The van der Waals surface area contributed by atoms with E-state index in [1.807, 2.05) is 35.2 Å². The fraction of sp³-hybridized carbons (Fsp3) is 0.111. The largest absolute Gasteiger partial charge is 0.318 e. The summed E-state index contributed by atoms with van der Waals surface area (Å²) in [5.41, 5.74) is 0.936. The summed E-state index contributed by atoms with van der Waals surface area (Å²) < 4.78 is 13.2. The Hall–Kier alpha value is -2.18. The van der Waals surface area contributed by atoms with Crippen LogP contribution in [-0.2, 0) is 0 Å². The Balaban J connectivity index is 1.62. The number of carbonyl (C=O) groups excluding carboxylic acids is 1. The Morgan fingerprint density at radius 3 is 2.83 bits per heavy atom. The fourth-order valence-corrected chi connectivity index (χ4v) is 4.21. The van der Waals surface area contributed by atoms with E-state index in [0.29, 0.717) is 0 Å². The highest BCUT2D eigenvalue weighted by molar-refractivity contribution is 8.16. The van der Waals surface area contributed by atoms with E-state index in [9.17, 15) is 9.18 Å². The molecule has 2 aliphatic heterocycles. The molecule has 2 aliphatic rings. The van der Waals surface area contributed by atoms with Crippen LogP contribution >= 0.6 is 23.1 Å². The molecule has 2 aromatic rings. The van der Waals surface area contributed by atoms with Crippen molar-refractivity contribution in [1.82, 2.24) is 4.90 Å². The van der Waals surface area contributed by atoms with Gasteiger partial charge in [0.1, 0.15) is 11.9 Å². The summed E-state index contributed by atoms with van der Waals surface area (Å²) in [5.74, 6) is -0.272. The maximum Gasteiger partial charge on any atom is 0.195 e. The Morgan fingerprint density at radius 1 is 1.25 bits per heavy atom. The highest BCUT2D eigenvalue weighted by Crippen LogP contribution is 2.38. The molecule has 2 atom stereocenters. The second-order valence-corrected chi connectivity index (χ2v) is 7.23. The van der Waals surface area contributed by atoms with Crippen LogP contribution in [0.3, 0.4) is 0 Å². The lowest BCUT2D eigenvalue weighted by Gasteiger charge is -2.22. The van der Waals surface area contributed by atoms with Gasteiger partial charge in [0.05, 0.1) is 10.9 Å². The number of amidine groups is 1. The predicted octanol–water partition coefficient (Wildman–Crippen LogP) is 4.63. The molecular weight excluding hydrogens is 343 g/mol. The number of rotatable bonds is 4. The first-order valence-electron chi connectivity index (χ1n) is 7.43. The molecule has 2 unspecified atom stereocenters. The normalized spacial score (nSPS) is 22.2. The predicted molar refractivity (Wildman–Crippen MR) is 96.7 cm³/mol. The third kappa shape index (κ3) is 2.83. The number of allylic oxidation sites excluding steroid dienone is 1. The van der Waals surface area contributed by atoms with Crippen molar-refractivity contribution in [3.05, 3.63) is 81.8 Å². The summed E-state index contributed by atoms with van der Waals surface area (Å²) in [5, 5.41) is 4.77. The molecule has 120 valence electrons. The highest BCUT2D eigenvalue weighted by Gasteiger charge is 2.36. The average molecular weight is 356 g/mol. The zero-order valence-corrected chi connectivity index (χ0v) is 14.1. The molecule has 0 N–H and O–H groups in total. The van der Waals surface area contributed by atoms with Gasteiger partial charge in [0.2, 0.25) is 0 Å².